The van der Waals surface area contributed by atoms with Crippen LogP contribution in [0.3, 0.4) is 0 Å². The van der Waals surface area contributed by atoms with Gasteiger partial charge in [0.05, 0.1) is 0 Å². The van der Waals surface area contributed by atoms with Gasteiger partial charge in [-0.15, -0.1) is 0 Å². The van der Waals surface area contributed by atoms with E-state index >= 15 is 0 Å². The van der Waals surface area contributed by atoms with E-state index in [9.17, 15) is 4.79 Å². The minimum atomic E-state index is 0.176. The SMILES string of the molecule is CNC(=O)C1C2CCC(C2)C1c1ccc2ccccc2c1. The molecule has 4 rings (SSSR count). The summed E-state index contributed by atoms with van der Waals surface area (Å²) in [5, 5.41) is 5.45. The molecule has 0 aliphatic heterocycles. The monoisotopic (exact) mass is 279 g/mol. The molecule has 0 spiro atoms. The fourth-order valence-corrected chi connectivity index (χ4v) is 4.73. The van der Waals surface area contributed by atoms with Crippen molar-refractivity contribution in [3.05, 3.63) is 48.0 Å². The van der Waals surface area contributed by atoms with E-state index < -0.39 is 0 Å². The van der Waals surface area contributed by atoms with Crippen molar-refractivity contribution in [2.75, 3.05) is 7.05 Å². The van der Waals surface area contributed by atoms with Crippen molar-refractivity contribution in [3.63, 3.8) is 0 Å². The molecular weight excluding hydrogens is 258 g/mol. The second-order valence-electron chi connectivity index (χ2n) is 6.61. The quantitative estimate of drug-likeness (QED) is 0.892. The third-order valence-corrected chi connectivity index (χ3v) is 5.62. The van der Waals surface area contributed by atoms with Crippen LogP contribution in [0, 0.1) is 17.8 Å². The third kappa shape index (κ3) is 1.97. The molecule has 0 radical (unpaired) electrons. The first kappa shape index (κ1) is 12.9. The number of amides is 1. The largest absolute Gasteiger partial charge is 0.359 e. The number of carbonyl (C=O) groups is 1. The highest BCUT2D eigenvalue weighted by Crippen LogP contribution is 2.56. The predicted octanol–water partition coefficient (Wildman–Crippen LogP) is 3.72. The van der Waals surface area contributed by atoms with Gasteiger partial charge in [0.1, 0.15) is 0 Å². The molecule has 2 nitrogen and oxygen atoms in total. The highest BCUT2D eigenvalue weighted by Gasteiger charge is 2.50. The highest BCUT2D eigenvalue weighted by atomic mass is 16.1. The maximum absolute atomic E-state index is 12.3. The Morgan fingerprint density at radius 2 is 1.81 bits per heavy atom. The second-order valence-corrected chi connectivity index (χ2v) is 6.61. The summed E-state index contributed by atoms with van der Waals surface area (Å²) in [7, 11) is 1.77. The lowest BCUT2D eigenvalue weighted by atomic mass is 9.74. The van der Waals surface area contributed by atoms with Gasteiger partial charge in [0.15, 0.2) is 0 Å². The Morgan fingerprint density at radius 3 is 2.62 bits per heavy atom. The van der Waals surface area contributed by atoms with E-state index in [-0.39, 0.29) is 11.8 Å². The van der Waals surface area contributed by atoms with Crippen molar-refractivity contribution in [2.24, 2.45) is 17.8 Å². The number of hydrogen-bond donors (Lipinski definition) is 1. The molecule has 2 aliphatic carbocycles. The van der Waals surface area contributed by atoms with Crippen molar-refractivity contribution >= 4 is 16.7 Å². The van der Waals surface area contributed by atoms with E-state index in [4.69, 9.17) is 0 Å². The summed E-state index contributed by atoms with van der Waals surface area (Å²) in [5.74, 6) is 2.11. The molecule has 0 saturated heterocycles. The zero-order valence-electron chi connectivity index (χ0n) is 12.4. The number of fused-ring (bicyclic) bond motifs is 3. The van der Waals surface area contributed by atoms with Crippen LogP contribution in [-0.4, -0.2) is 13.0 Å². The van der Waals surface area contributed by atoms with Gasteiger partial charge in [-0.25, -0.2) is 0 Å². The van der Waals surface area contributed by atoms with Gasteiger partial charge in [-0.3, -0.25) is 4.79 Å². The first-order valence-corrected chi connectivity index (χ1v) is 7.98. The minimum absolute atomic E-state index is 0.176. The first-order chi connectivity index (χ1) is 10.3. The van der Waals surface area contributed by atoms with Crippen molar-refractivity contribution in [1.82, 2.24) is 5.32 Å². The van der Waals surface area contributed by atoms with Crippen molar-refractivity contribution < 1.29 is 4.79 Å². The molecule has 0 aromatic heterocycles. The Kier molecular flexibility index (Phi) is 2.99. The maximum Gasteiger partial charge on any atom is 0.223 e. The molecule has 108 valence electrons. The molecule has 2 bridgehead atoms. The van der Waals surface area contributed by atoms with Gasteiger partial charge in [-0.1, -0.05) is 42.5 Å². The summed E-state index contributed by atoms with van der Waals surface area (Å²) in [6.45, 7) is 0. The smallest absolute Gasteiger partial charge is 0.223 e. The maximum atomic E-state index is 12.3. The van der Waals surface area contributed by atoms with Gasteiger partial charge in [-0.05, 0) is 53.4 Å². The predicted molar refractivity (Wildman–Crippen MR) is 85.1 cm³/mol. The van der Waals surface area contributed by atoms with Gasteiger partial charge in [0, 0.05) is 13.0 Å². The van der Waals surface area contributed by atoms with E-state index in [1.165, 1.54) is 35.6 Å². The molecular formula is C19H21NO. The molecule has 21 heavy (non-hydrogen) atoms. The average molecular weight is 279 g/mol. The summed E-state index contributed by atoms with van der Waals surface area (Å²) in [6.07, 6.45) is 3.75. The van der Waals surface area contributed by atoms with E-state index in [2.05, 4.69) is 47.8 Å². The van der Waals surface area contributed by atoms with Gasteiger partial charge in [0.25, 0.3) is 0 Å². The van der Waals surface area contributed by atoms with Gasteiger partial charge >= 0.3 is 0 Å². The molecule has 1 amide bonds. The molecule has 4 atom stereocenters. The van der Waals surface area contributed by atoms with Crippen molar-refractivity contribution in [1.29, 1.82) is 0 Å². The van der Waals surface area contributed by atoms with Crippen molar-refractivity contribution in [3.8, 4) is 0 Å². The van der Waals surface area contributed by atoms with Crippen LogP contribution in [0.1, 0.15) is 30.7 Å². The number of carbonyl (C=O) groups excluding carboxylic acids is 1. The first-order valence-electron chi connectivity index (χ1n) is 7.98. The Morgan fingerprint density at radius 1 is 1.05 bits per heavy atom. The molecule has 2 aromatic rings. The third-order valence-electron chi connectivity index (χ3n) is 5.62. The Balaban J connectivity index is 1.77. The molecule has 0 heterocycles. The van der Waals surface area contributed by atoms with Gasteiger partial charge in [-0.2, -0.15) is 0 Å². The number of rotatable bonds is 2. The number of hydrogen-bond acceptors (Lipinski definition) is 1. The topological polar surface area (TPSA) is 29.1 Å². The fraction of sp³-hybridized carbons (Fsp3) is 0.421. The van der Waals surface area contributed by atoms with Crippen LogP contribution in [0.4, 0.5) is 0 Å². The molecule has 2 heteroatoms. The minimum Gasteiger partial charge on any atom is -0.359 e. The number of nitrogens with one attached hydrogen (secondary N) is 1. The molecule has 1 N–H and O–H groups in total. The average Bonchev–Trinajstić information content (AvgIpc) is 3.14. The van der Waals surface area contributed by atoms with Crippen LogP contribution >= 0.6 is 0 Å². The molecule has 2 aliphatic rings. The summed E-state index contributed by atoms with van der Waals surface area (Å²) in [4.78, 5) is 12.3. The molecule has 4 unspecified atom stereocenters. The van der Waals surface area contributed by atoms with E-state index in [0.717, 1.165) is 0 Å². The Hall–Kier alpha value is -1.83. The van der Waals surface area contributed by atoms with E-state index in [1.54, 1.807) is 7.05 Å². The summed E-state index contributed by atoms with van der Waals surface area (Å²) >= 11 is 0. The van der Waals surface area contributed by atoms with E-state index in [1.807, 2.05) is 0 Å². The summed E-state index contributed by atoms with van der Waals surface area (Å²) < 4.78 is 0. The Labute approximate surface area is 125 Å². The highest BCUT2D eigenvalue weighted by molar-refractivity contribution is 5.84. The molecule has 2 saturated carbocycles. The van der Waals surface area contributed by atoms with Crippen LogP contribution in [0.5, 0.6) is 0 Å². The van der Waals surface area contributed by atoms with Crippen LogP contribution in [0.2, 0.25) is 0 Å². The zero-order valence-corrected chi connectivity index (χ0v) is 12.4. The lowest BCUT2D eigenvalue weighted by molar-refractivity contribution is -0.126. The van der Waals surface area contributed by atoms with Crippen LogP contribution in [0.25, 0.3) is 10.8 Å². The zero-order chi connectivity index (χ0) is 14.4. The van der Waals surface area contributed by atoms with Crippen LogP contribution in [0.15, 0.2) is 42.5 Å². The summed E-state index contributed by atoms with van der Waals surface area (Å²) in [5.41, 5.74) is 1.36. The normalized spacial score (nSPS) is 30.7. The van der Waals surface area contributed by atoms with Gasteiger partial charge < -0.3 is 5.32 Å². The van der Waals surface area contributed by atoms with Crippen LogP contribution in [-0.2, 0) is 4.79 Å². The fourth-order valence-electron chi connectivity index (χ4n) is 4.73. The lowest BCUT2D eigenvalue weighted by Gasteiger charge is -2.30. The van der Waals surface area contributed by atoms with Crippen molar-refractivity contribution in [2.45, 2.75) is 25.2 Å². The lowest BCUT2D eigenvalue weighted by Crippen LogP contribution is -2.35. The standard InChI is InChI=1S/C19H21NO/c1-20-19(21)18-16-9-8-15(11-16)17(18)14-7-6-12-4-2-3-5-13(12)10-14/h2-7,10,15-18H,8-9,11H2,1H3,(H,20,21). The van der Waals surface area contributed by atoms with Crippen LogP contribution < -0.4 is 5.32 Å². The summed E-state index contributed by atoms with van der Waals surface area (Å²) in [6, 6.07) is 15.2. The second kappa shape index (κ2) is 4.87. The van der Waals surface area contributed by atoms with Gasteiger partial charge in [0.2, 0.25) is 5.91 Å². The van der Waals surface area contributed by atoms with E-state index in [0.29, 0.717) is 17.8 Å². The molecule has 2 aromatic carbocycles. The number of benzene rings is 2. The molecule has 2 fully saturated rings. The Bertz CT molecular complexity index is 693.